The van der Waals surface area contributed by atoms with Crippen LogP contribution in [0.5, 0.6) is 5.75 Å². The van der Waals surface area contributed by atoms with Gasteiger partial charge in [0.15, 0.2) is 0 Å². The second kappa shape index (κ2) is 6.24. The topological polar surface area (TPSA) is 32.7 Å². The van der Waals surface area contributed by atoms with Gasteiger partial charge in [-0.3, -0.25) is 4.90 Å². The lowest BCUT2D eigenvalue weighted by molar-refractivity contribution is 0.0679. The highest BCUT2D eigenvalue weighted by atomic mass is 35.5. The van der Waals surface area contributed by atoms with Crippen LogP contribution in [0.15, 0.2) is 24.3 Å². The lowest BCUT2D eigenvalue weighted by Gasteiger charge is -2.33. The van der Waals surface area contributed by atoms with E-state index in [1.807, 2.05) is 33.0 Å². The Balaban J connectivity index is 2.35. The number of rotatable bonds is 6. The Morgan fingerprint density at radius 3 is 2.41 bits per heavy atom. The average molecular weight is 258 g/mol. The Morgan fingerprint density at radius 2 is 1.88 bits per heavy atom. The van der Waals surface area contributed by atoms with Crippen molar-refractivity contribution in [2.24, 2.45) is 0 Å². The molecule has 96 valence electrons. The fourth-order valence-electron chi connectivity index (χ4n) is 1.25. The minimum atomic E-state index is -0.219. The van der Waals surface area contributed by atoms with Gasteiger partial charge >= 0.3 is 0 Å². The molecule has 1 rings (SSSR count). The Labute approximate surface area is 108 Å². The van der Waals surface area contributed by atoms with Crippen molar-refractivity contribution in [1.82, 2.24) is 4.90 Å². The number of halogens is 1. The van der Waals surface area contributed by atoms with E-state index in [1.165, 1.54) is 0 Å². The van der Waals surface area contributed by atoms with Crippen molar-refractivity contribution < 1.29 is 9.84 Å². The molecular formula is C13H20ClNO2. The number of nitrogens with zero attached hydrogens (tertiary/aromatic N) is 1. The van der Waals surface area contributed by atoms with Crippen LogP contribution in [-0.2, 0) is 0 Å². The number of aliphatic hydroxyl groups is 1. The van der Waals surface area contributed by atoms with Crippen molar-refractivity contribution >= 4 is 11.6 Å². The van der Waals surface area contributed by atoms with Gasteiger partial charge in [-0.25, -0.2) is 0 Å². The number of aliphatic hydroxyl groups excluding tert-OH is 1. The highest BCUT2D eigenvalue weighted by molar-refractivity contribution is 6.30. The van der Waals surface area contributed by atoms with Gasteiger partial charge in [-0.15, -0.1) is 0 Å². The molecule has 3 nitrogen and oxygen atoms in total. The first-order valence-electron chi connectivity index (χ1n) is 5.66. The summed E-state index contributed by atoms with van der Waals surface area (Å²) in [6.07, 6.45) is 0. The highest BCUT2D eigenvalue weighted by Crippen LogP contribution is 2.16. The first-order chi connectivity index (χ1) is 7.95. The molecule has 0 saturated carbocycles. The molecule has 1 aromatic rings. The van der Waals surface area contributed by atoms with E-state index < -0.39 is 0 Å². The van der Waals surface area contributed by atoms with E-state index in [0.717, 1.165) is 12.3 Å². The second-order valence-corrected chi connectivity index (χ2v) is 5.13. The van der Waals surface area contributed by atoms with Gasteiger partial charge in [0, 0.05) is 17.1 Å². The molecule has 0 radical (unpaired) electrons. The van der Waals surface area contributed by atoms with Crippen LogP contribution in [0.4, 0.5) is 0 Å². The molecule has 0 bridgehead atoms. The summed E-state index contributed by atoms with van der Waals surface area (Å²) in [7, 11) is 1.97. The van der Waals surface area contributed by atoms with Crippen molar-refractivity contribution in [3.05, 3.63) is 29.3 Å². The molecule has 0 amide bonds. The predicted molar refractivity (Wildman–Crippen MR) is 70.7 cm³/mol. The van der Waals surface area contributed by atoms with E-state index >= 15 is 0 Å². The van der Waals surface area contributed by atoms with E-state index in [-0.39, 0.29) is 12.1 Å². The largest absolute Gasteiger partial charge is 0.492 e. The lowest BCUT2D eigenvalue weighted by atomic mass is 10.1. The molecule has 4 heteroatoms. The Kier molecular flexibility index (Phi) is 5.25. The normalized spacial score (nSPS) is 11.9. The maximum absolute atomic E-state index is 9.21. The summed E-state index contributed by atoms with van der Waals surface area (Å²) in [5.74, 6) is 0.810. The van der Waals surface area contributed by atoms with Gasteiger partial charge in [-0.05, 0) is 45.2 Å². The number of hydrogen-bond acceptors (Lipinski definition) is 3. The Hall–Kier alpha value is -0.770. The molecule has 0 fully saturated rings. The molecule has 0 saturated heterocycles. The lowest BCUT2D eigenvalue weighted by Crippen LogP contribution is -2.45. The minimum Gasteiger partial charge on any atom is -0.492 e. The van der Waals surface area contributed by atoms with Gasteiger partial charge in [0.25, 0.3) is 0 Å². The van der Waals surface area contributed by atoms with Crippen molar-refractivity contribution in [2.75, 3.05) is 26.8 Å². The molecule has 0 unspecified atom stereocenters. The van der Waals surface area contributed by atoms with Gasteiger partial charge in [0.05, 0.1) is 6.61 Å². The van der Waals surface area contributed by atoms with Crippen LogP contribution in [0.2, 0.25) is 5.02 Å². The maximum Gasteiger partial charge on any atom is 0.119 e. The summed E-state index contributed by atoms with van der Waals surface area (Å²) >= 11 is 5.78. The molecule has 0 atom stereocenters. The van der Waals surface area contributed by atoms with Crippen LogP contribution in [0, 0.1) is 0 Å². The zero-order valence-electron chi connectivity index (χ0n) is 10.6. The van der Waals surface area contributed by atoms with Gasteiger partial charge in [0.2, 0.25) is 0 Å². The predicted octanol–water partition coefficient (Wildman–Crippen LogP) is 2.42. The molecule has 0 aliphatic rings. The van der Waals surface area contributed by atoms with E-state index in [9.17, 15) is 5.11 Å². The van der Waals surface area contributed by atoms with Crippen molar-refractivity contribution in [2.45, 2.75) is 19.4 Å². The third-order valence-corrected chi connectivity index (χ3v) is 3.18. The summed E-state index contributed by atoms with van der Waals surface area (Å²) in [5, 5.41) is 9.92. The zero-order valence-corrected chi connectivity index (χ0v) is 11.4. The van der Waals surface area contributed by atoms with Crippen LogP contribution in [0.1, 0.15) is 13.8 Å². The fraction of sp³-hybridized carbons (Fsp3) is 0.538. The molecule has 17 heavy (non-hydrogen) atoms. The molecule has 0 aliphatic carbocycles. The SMILES string of the molecule is CN(CCOc1ccc(Cl)cc1)C(C)(C)CO. The third kappa shape index (κ3) is 4.54. The molecule has 0 aliphatic heterocycles. The molecule has 1 N–H and O–H groups in total. The van der Waals surface area contributed by atoms with Crippen LogP contribution in [0.25, 0.3) is 0 Å². The fourth-order valence-corrected chi connectivity index (χ4v) is 1.38. The number of benzene rings is 1. The Bertz CT molecular complexity index is 338. The minimum absolute atomic E-state index is 0.129. The van der Waals surface area contributed by atoms with E-state index in [2.05, 4.69) is 4.90 Å². The quantitative estimate of drug-likeness (QED) is 0.850. The van der Waals surface area contributed by atoms with Crippen LogP contribution in [-0.4, -0.2) is 42.4 Å². The number of likely N-dealkylation sites (N-methyl/N-ethyl adjacent to an activating group) is 1. The van der Waals surface area contributed by atoms with Crippen molar-refractivity contribution in [3.63, 3.8) is 0 Å². The highest BCUT2D eigenvalue weighted by Gasteiger charge is 2.21. The average Bonchev–Trinajstić information content (AvgIpc) is 2.31. The molecular weight excluding hydrogens is 238 g/mol. The van der Waals surface area contributed by atoms with Gasteiger partial charge in [-0.1, -0.05) is 11.6 Å². The van der Waals surface area contributed by atoms with E-state index in [0.29, 0.717) is 11.6 Å². The monoisotopic (exact) mass is 257 g/mol. The summed E-state index contributed by atoms with van der Waals surface area (Å²) < 4.78 is 5.59. The number of ether oxygens (including phenoxy) is 1. The van der Waals surface area contributed by atoms with E-state index in [1.54, 1.807) is 12.1 Å². The van der Waals surface area contributed by atoms with Crippen LogP contribution in [0.3, 0.4) is 0 Å². The number of hydrogen-bond donors (Lipinski definition) is 1. The second-order valence-electron chi connectivity index (χ2n) is 4.69. The smallest absolute Gasteiger partial charge is 0.119 e. The summed E-state index contributed by atoms with van der Waals surface area (Å²) in [5.41, 5.74) is -0.219. The summed E-state index contributed by atoms with van der Waals surface area (Å²) in [6.45, 7) is 5.47. The summed E-state index contributed by atoms with van der Waals surface area (Å²) in [4.78, 5) is 2.07. The molecule has 0 spiro atoms. The molecule has 0 aromatic heterocycles. The van der Waals surface area contributed by atoms with Crippen LogP contribution < -0.4 is 4.74 Å². The first kappa shape index (κ1) is 14.3. The van der Waals surface area contributed by atoms with Gasteiger partial charge < -0.3 is 9.84 Å². The van der Waals surface area contributed by atoms with Crippen molar-refractivity contribution in [1.29, 1.82) is 0 Å². The maximum atomic E-state index is 9.21. The summed E-state index contributed by atoms with van der Waals surface area (Å²) in [6, 6.07) is 7.30. The van der Waals surface area contributed by atoms with Crippen molar-refractivity contribution in [3.8, 4) is 5.75 Å². The third-order valence-electron chi connectivity index (χ3n) is 2.93. The van der Waals surface area contributed by atoms with E-state index in [4.69, 9.17) is 16.3 Å². The van der Waals surface area contributed by atoms with Gasteiger partial charge in [0.1, 0.15) is 12.4 Å². The molecule has 0 heterocycles. The standard InChI is InChI=1S/C13H20ClNO2/c1-13(2,10-16)15(3)8-9-17-12-6-4-11(14)5-7-12/h4-7,16H,8-10H2,1-3H3. The Morgan fingerprint density at radius 1 is 1.29 bits per heavy atom. The molecule has 1 aromatic carbocycles. The van der Waals surface area contributed by atoms with Crippen LogP contribution >= 0.6 is 11.6 Å². The first-order valence-corrected chi connectivity index (χ1v) is 6.04. The zero-order chi connectivity index (χ0) is 12.9. The van der Waals surface area contributed by atoms with Gasteiger partial charge in [-0.2, -0.15) is 0 Å².